The predicted octanol–water partition coefficient (Wildman–Crippen LogP) is 1.07. The first-order valence-electron chi connectivity index (χ1n) is 4.95. The maximum Gasteiger partial charge on any atom is 0.217 e. The van der Waals surface area contributed by atoms with Crippen molar-refractivity contribution in [2.45, 2.75) is 32.2 Å². The van der Waals surface area contributed by atoms with Gasteiger partial charge in [0.05, 0.1) is 0 Å². The van der Waals surface area contributed by atoms with Gasteiger partial charge in [0.15, 0.2) is 0 Å². The summed E-state index contributed by atoms with van der Waals surface area (Å²) in [5.74, 6) is 0.0577. The first-order valence-corrected chi connectivity index (χ1v) is 4.95. The third-order valence-electron chi connectivity index (χ3n) is 2.59. The number of hydrogen-bond donors (Lipinski definition) is 1. The Balaban J connectivity index is 2.09. The van der Waals surface area contributed by atoms with E-state index in [0.717, 1.165) is 19.3 Å². The van der Waals surface area contributed by atoms with E-state index >= 15 is 0 Å². The Morgan fingerprint density at radius 1 is 1.64 bits per heavy atom. The molecule has 0 saturated carbocycles. The number of nitrogens with one attached hydrogen (secondary N) is 1. The van der Waals surface area contributed by atoms with Gasteiger partial charge in [-0.05, 0) is 30.9 Å². The molecular weight excluding hydrogens is 176 g/mol. The van der Waals surface area contributed by atoms with Gasteiger partial charge in [-0.1, -0.05) is 6.07 Å². The molecule has 2 rings (SSSR count). The summed E-state index contributed by atoms with van der Waals surface area (Å²) in [6, 6.07) is 4.34. The molecule has 1 aliphatic carbocycles. The Hall–Kier alpha value is -1.38. The van der Waals surface area contributed by atoms with E-state index in [9.17, 15) is 4.79 Å². The highest BCUT2D eigenvalue weighted by atomic mass is 16.1. The summed E-state index contributed by atoms with van der Waals surface area (Å²) >= 11 is 0. The van der Waals surface area contributed by atoms with E-state index in [1.807, 2.05) is 12.3 Å². The van der Waals surface area contributed by atoms with Crippen molar-refractivity contribution in [3.63, 3.8) is 0 Å². The van der Waals surface area contributed by atoms with Crippen LogP contribution in [-0.4, -0.2) is 16.9 Å². The molecule has 1 heterocycles. The summed E-state index contributed by atoms with van der Waals surface area (Å²) in [5.41, 5.74) is 2.46. The number of amides is 1. The van der Waals surface area contributed by atoms with Crippen molar-refractivity contribution in [2.24, 2.45) is 0 Å². The van der Waals surface area contributed by atoms with Crippen LogP contribution in [0.15, 0.2) is 18.3 Å². The third kappa shape index (κ3) is 1.92. The summed E-state index contributed by atoms with van der Waals surface area (Å²) in [4.78, 5) is 15.2. The van der Waals surface area contributed by atoms with Gasteiger partial charge in [-0.25, -0.2) is 0 Å². The molecule has 3 heteroatoms. The van der Waals surface area contributed by atoms with E-state index < -0.39 is 0 Å². The van der Waals surface area contributed by atoms with E-state index in [-0.39, 0.29) is 5.91 Å². The highest BCUT2D eigenvalue weighted by Gasteiger charge is 2.19. The lowest BCUT2D eigenvalue weighted by atomic mass is 9.92. The van der Waals surface area contributed by atoms with Crippen LogP contribution in [0.3, 0.4) is 0 Å². The molecule has 1 N–H and O–H groups in total. The second kappa shape index (κ2) is 3.78. The topological polar surface area (TPSA) is 42.0 Å². The zero-order valence-corrected chi connectivity index (χ0v) is 8.29. The second-order valence-electron chi connectivity index (χ2n) is 3.75. The predicted molar refractivity (Wildman–Crippen MR) is 53.9 cm³/mol. The van der Waals surface area contributed by atoms with Crippen molar-refractivity contribution >= 4 is 5.91 Å². The van der Waals surface area contributed by atoms with Crippen LogP contribution in [-0.2, 0) is 17.6 Å². The summed E-state index contributed by atoms with van der Waals surface area (Å²) < 4.78 is 0. The number of carbonyl (C=O) groups excluding carboxylic acids is 1. The number of carbonyl (C=O) groups is 1. The minimum atomic E-state index is 0.0577. The van der Waals surface area contributed by atoms with Crippen LogP contribution < -0.4 is 5.32 Å². The van der Waals surface area contributed by atoms with E-state index in [1.54, 1.807) is 6.92 Å². The molecular formula is C11H14N2O. The van der Waals surface area contributed by atoms with Gasteiger partial charge in [0.2, 0.25) is 5.91 Å². The summed E-state index contributed by atoms with van der Waals surface area (Å²) in [7, 11) is 0. The molecule has 1 atom stereocenters. The van der Waals surface area contributed by atoms with E-state index in [4.69, 9.17) is 0 Å². The Labute approximate surface area is 83.5 Å². The average Bonchev–Trinajstić information content (AvgIpc) is 2.17. The van der Waals surface area contributed by atoms with Crippen molar-refractivity contribution in [2.75, 3.05) is 0 Å². The van der Waals surface area contributed by atoms with Crippen LogP contribution in [0.1, 0.15) is 24.6 Å². The molecule has 1 aromatic rings. The highest BCUT2D eigenvalue weighted by molar-refractivity contribution is 5.73. The Morgan fingerprint density at radius 3 is 3.29 bits per heavy atom. The largest absolute Gasteiger partial charge is 0.353 e. The standard InChI is InChI=1S/C11H14N2O/c1-8(14)13-10-4-5-11-9(7-10)3-2-6-12-11/h2-3,6,10H,4-5,7H2,1H3,(H,13,14). The van der Waals surface area contributed by atoms with Gasteiger partial charge >= 0.3 is 0 Å². The van der Waals surface area contributed by atoms with Crippen LogP contribution in [0.2, 0.25) is 0 Å². The van der Waals surface area contributed by atoms with Gasteiger partial charge in [-0.3, -0.25) is 9.78 Å². The van der Waals surface area contributed by atoms with Crippen molar-refractivity contribution in [1.29, 1.82) is 0 Å². The minimum Gasteiger partial charge on any atom is -0.353 e. The van der Waals surface area contributed by atoms with Crippen LogP contribution in [0.4, 0.5) is 0 Å². The lowest BCUT2D eigenvalue weighted by Gasteiger charge is -2.23. The summed E-state index contributed by atoms with van der Waals surface area (Å²) in [6.45, 7) is 1.57. The van der Waals surface area contributed by atoms with Crippen LogP contribution in [0.5, 0.6) is 0 Å². The van der Waals surface area contributed by atoms with Gasteiger partial charge in [0.1, 0.15) is 0 Å². The van der Waals surface area contributed by atoms with Crippen molar-refractivity contribution in [3.8, 4) is 0 Å². The van der Waals surface area contributed by atoms with E-state index in [0.29, 0.717) is 6.04 Å². The van der Waals surface area contributed by atoms with E-state index in [2.05, 4.69) is 16.4 Å². The molecule has 1 aromatic heterocycles. The molecule has 1 aliphatic rings. The highest BCUT2D eigenvalue weighted by Crippen LogP contribution is 2.18. The number of pyridine rings is 1. The molecule has 0 bridgehead atoms. The lowest BCUT2D eigenvalue weighted by molar-refractivity contribution is -0.119. The lowest BCUT2D eigenvalue weighted by Crippen LogP contribution is -2.37. The zero-order valence-electron chi connectivity index (χ0n) is 8.29. The van der Waals surface area contributed by atoms with Gasteiger partial charge in [0.25, 0.3) is 0 Å². The molecule has 0 fully saturated rings. The molecule has 0 radical (unpaired) electrons. The first kappa shape index (κ1) is 9.19. The molecule has 74 valence electrons. The summed E-state index contributed by atoms with van der Waals surface area (Å²) in [6.07, 6.45) is 4.73. The molecule has 0 spiro atoms. The van der Waals surface area contributed by atoms with E-state index in [1.165, 1.54) is 11.3 Å². The number of rotatable bonds is 1. The normalized spacial score (nSPS) is 19.9. The Bertz CT molecular complexity index is 349. The number of hydrogen-bond acceptors (Lipinski definition) is 2. The SMILES string of the molecule is CC(=O)NC1CCc2ncccc2C1. The van der Waals surface area contributed by atoms with Gasteiger partial charge < -0.3 is 5.32 Å². The maximum absolute atomic E-state index is 10.9. The van der Waals surface area contributed by atoms with Crippen LogP contribution in [0.25, 0.3) is 0 Å². The minimum absolute atomic E-state index is 0.0577. The van der Waals surface area contributed by atoms with Crippen LogP contribution in [0, 0.1) is 0 Å². The summed E-state index contributed by atoms with van der Waals surface area (Å²) in [5, 5.41) is 2.96. The molecule has 1 amide bonds. The maximum atomic E-state index is 10.9. The fourth-order valence-corrected chi connectivity index (χ4v) is 1.97. The van der Waals surface area contributed by atoms with Crippen LogP contribution >= 0.6 is 0 Å². The van der Waals surface area contributed by atoms with Crippen molar-refractivity contribution in [3.05, 3.63) is 29.6 Å². The van der Waals surface area contributed by atoms with Gasteiger partial charge in [-0.15, -0.1) is 0 Å². The monoisotopic (exact) mass is 190 g/mol. The van der Waals surface area contributed by atoms with Crippen molar-refractivity contribution in [1.82, 2.24) is 10.3 Å². The fourth-order valence-electron chi connectivity index (χ4n) is 1.97. The Morgan fingerprint density at radius 2 is 2.50 bits per heavy atom. The third-order valence-corrected chi connectivity index (χ3v) is 2.59. The zero-order chi connectivity index (χ0) is 9.97. The number of aryl methyl sites for hydroxylation is 1. The fraction of sp³-hybridized carbons (Fsp3) is 0.455. The first-order chi connectivity index (χ1) is 6.75. The second-order valence-corrected chi connectivity index (χ2v) is 3.75. The smallest absolute Gasteiger partial charge is 0.217 e. The molecule has 14 heavy (non-hydrogen) atoms. The van der Waals surface area contributed by atoms with Gasteiger partial charge in [-0.2, -0.15) is 0 Å². The Kier molecular flexibility index (Phi) is 2.48. The number of fused-ring (bicyclic) bond motifs is 1. The average molecular weight is 190 g/mol. The van der Waals surface area contributed by atoms with Crippen molar-refractivity contribution < 1.29 is 4.79 Å². The quantitative estimate of drug-likeness (QED) is 0.720. The van der Waals surface area contributed by atoms with Gasteiger partial charge in [0, 0.05) is 24.9 Å². The number of aromatic nitrogens is 1. The number of nitrogens with zero attached hydrogens (tertiary/aromatic N) is 1. The molecule has 0 aromatic carbocycles. The molecule has 0 saturated heterocycles. The molecule has 0 aliphatic heterocycles. The molecule has 1 unspecified atom stereocenters. The molecule has 3 nitrogen and oxygen atoms in total.